The molecule has 3 aromatic rings. The number of benzene rings is 1. The third kappa shape index (κ3) is 6.14. The van der Waals surface area contributed by atoms with E-state index in [1.165, 1.54) is 37.4 Å². The summed E-state index contributed by atoms with van der Waals surface area (Å²) < 4.78 is 59.6. The maximum absolute atomic E-state index is 12.4. The zero-order chi connectivity index (χ0) is 23.1. The number of hydrogen-bond acceptors (Lipinski definition) is 7. The third-order valence-corrected chi connectivity index (χ3v) is 3.98. The van der Waals surface area contributed by atoms with E-state index >= 15 is 0 Å². The van der Waals surface area contributed by atoms with Crippen molar-refractivity contribution in [1.29, 1.82) is 0 Å². The minimum Gasteiger partial charge on any atom is -0.493 e. The Bertz CT molecular complexity index is 1030. The highest BCUT2D eigenvalue weighted by molar-refractivity contribution is 6.02. The van der Waals surface area contributed by atoms with Crippen LogP contribution in [0.15, 0.2) is 42.9 Å². The molecule has 0 aliphatic carbocycles. The van der Waals surface area contributed by atoms with E-state index in [0.717, 1.165) is 4.68 Å². The van der Waals surface area contributed by atoms with Crippen molar-refractivity contribution in [3.05, 3.63) is 48.5 Å². The number of anilines is 1. The van der Waals surface area contributed by atoms with Crippen molar-refractivity contribution in [3.63, 3.8) is 0 Å². The molecule has 0 radical (unpaired) electrons. The van der Waals surface area contributed by atoms with Crippen LogP contribution in [0, 0.1) is 0 Å². The number of hydrogen-bond donors (Lipinski definition) is 1. The maximum Gasteiger partial charge on any atom is 0.411 e. The fourth-order valence-corrected chi connectivity index (χ4v) is 2.59. The molecule has 0 atom stereocenters. The lowest BCUT2D eigenvalue weighted by atomic mass is 10.3. The van der Waals surface area contributed by atoms with E-state index in [9.17, 15) is 18.0 Å². The summed E-state index contributed by atoms with van der Waals surface area (Å²) in [5, 5.41) is 10.5. The number of carbonyl (C=O) groups is 1. The molecule has 1 N–H and O–H groups in total. The minimum atomic E-state index is -4.43. The van der Waals surface area contributed by atoms with Crippen LogP contribution < -0.4 is 19.5 Å². The number of nitrogens with zero attached hydrogens (tertiary/aromatic N) is 4. The number of methoxy groups -OCH3 is 2. The van der Waals surface area contributed by atoms with Gasteiger partial charge < -0.3 is 24.3 Å². The molecule has 0 saturated carbocycles. The smallest absolute Gasteiger partial charge is 0.411 e. The summed E-state index contributed by atoms with van der Waals surface area (Å²) in [6.07, 6.45) is -0.264. The second-order valence-corrected chi connectivity index (χ2v) is 6.32. The molecule has 2 heterocycles. The first kappa shape index (κ1) is 22.9. The van der Waals surface area contributed by atoms with Crippen molar-refractivity contribution in [1.82, 2.24) is 19.6 Å². The van der Waals surface area contributed by atoms with E-state index < -0.39 is 25.4 Å². The summed E-state index contributed by atoms with van der Waals surface area (Å²) in [6, 6.07) is 6.67. The molecule has 0 bridgehead atoms. The van der Waals surface area contributed by atoms with Gasteiger partial charge in [-0.15, -0.1) is 0 Å². The van der Waals surface area contributed by atoms with E-state index in [1.54, 1.807) is 24.4 Å². The van der Waals surface area contributed by atoms with Crippen molar-refractivity contribution in [2.45, 2.75) is 19.6 Å². The highest BCUT2D eigenvalue weighted by atomic mass is 19.4. The predicted octanol–water partition coefficient (Wildman–Crippen LogP) is 2.92. The van der Waals surface area contributed by atoms with Crippen LogP contribution >= 0.6 is 0 Å². The lowest BCUT2D eigenvalue weighted by Crippen LogP contribution is -2.18. The first-order valence-corrected chi connectivity index (χ1v) is 9.14. The van der Waals surface area contributed by atoms with Crippen LogP contribution in [0.2, 0.25) is 0 Å². The number of carbonyl (C=O) groups excluding carboxylic acids is 1. The molecule has 0 saturated heterocycles. The normalized spacial score (nSPS) is 11.3. The van der Waals surface area contributed by atoms with E-state index in [1.807, 2.05) is 0 Å². The van der Waals surface area contributed by atoms with Gasteiger partial charge in [0.2, 0.25) is 5.75 Å². The Balaban J connectivity index is 1.55. The van der Waals surface area contributed by atoms with Gasteiger partial charge in [-0.05, 0) is 18.2 Å². The van der Waals surface area contributed by atoms with E-state index in [-0.39, 0.29) is 18.1 Å². The molecule has 0 fully saturated rings. The summed E-state index contributed by atoms with van der Waals surface area (Å²) in [5.41, 5.74) is 0.372. The summed E-state index contributed by atoms with van der Waals surface area (Å²) in [7, 11) is 3.01. The van der Waals surface area contributed by atoms with Gasteiger partial charge in [0.25, 0.3) is 5.91 Å². The number of amides is 1. The second kappa shape index (κ2) is 10.0. The highest BCUT2D eigenvalue weighted by Crippen LogP contribution is 2.36. The number of aromatic nitrogens is 4. The Morgan fingerprint density at radius 3 is 2.47 bits per heavy atom. The molecule has 172 valence electrons. The fourth-order valence-electron chi connectivity index (χ4n) is 2.59. The second-order valence-electron chi connectivity index (χ2n) is 6.32. The number of halogens is 3. The molecule has 0 aliphatic rings. The average Bonchev–Trinajstić information content (AvgIpc) is 3.40. The van der Waals surface area contributed by atoms with Crippen molar-refractivity contribution >= 4 is 11.6 Å². The largest absolute Gasteiger partial charge is 0.493 e. The third-order valence-electron chi connectivity index (χ3n) is 3.98. The number of ether oxygens (including phenoxy) is 4. The summed E-state index contributed by atoms with van der Waals surface area (Å²) in [5.74, 6) is 0.810. The Kier molecular flexibility index (Phi) is 7.20. The highest BCUT2D eigenvalue weighted by Gasteiger charge is 2.27. The van der Waals surface area contributed by atoms with Gasteiger partial charge in [-0.2, -0.15) is 23.4 Å². The molecule has 32 heavy (non-hydrogen) atoms. The van der Waals surface area contributed by atoms with Gasteiger partial charge in [-0.1, -0.05) is 6.07 Å². The predicted molar refractivity (Wildman–Crippen MR) is 105 cm³/mol. The van der Waals surface area contributed by atoms with Crippen LogP contribution in [-0.2, 0) is 18.2 Å². The number of alkyl halides is 3. The molecule has 10 nitrogen and oxygen atoms in total. The monoisotopic (exact) mass is 455 g/mol. The Hall–Kier alpha value is -3.74. The topological polar surface area (TPSA) is 102 Å². The van der Waals surface area contributed by atoms with Gasteiger partial charge in [0.15, 0.2) is 23.9 Å². The molecule has 0 spiro atoms. The van der Waals surface area contributed by atoms with Gasteiger partial charge in [0.05, 0.1) is 32.3 Å². The molecule has 2 aromatic heterocycles. The van der Waals surface area contributed by atoms with Crippen LogP contribution in [0.5, 0.6) is 17.2 Å². The van der Waals surface area contributed by atoms with Crippen LogP contribution in [0.3, 0.4) is 0 Å². The molecule has 0 unspecified atom stereocenters. The standard InChI is InChI=1S/C19H20F3N5O5/c1-29-15-4-3-5-16(30-2)17(15)32-12-26-7-6-14(25-26)18(28)24-13-8-23-27(9-13)11-31-10-19(20,21)22/h3-9H,10-12H2,1-2H3,(H,24,28). The average molecular weight is 455 g/mol. The van der Waals surface area contributed by atoms with Crippen molar-refractivity contribution < 1.29 is 36.9 Å². The molecule has 1 aromatic carbocycles. The zero-order valence-corrected chi connectivity index (χ0v) is 17.1. The van der Waals surface area contributed by atoms with Gasteiger partial charge in [0.1, 0.15) is 13.3 Å². The Morgan fingerprint density at radius 2 is 1.81 bits per heavy atom. The Labute approximate surface area is 180 Å². The van der Waals surface area contributed by atoms with Crippen LogP contribution in [0.25, 0.3) is 0 Å². The lowest BCUT2D eigenvalue weighted by molar-refractivity contribution is -0.182. The van der Waals surface area contributed by atoms with Crippen LogP contribution in [0.4, 0.5) is 18.9 Å². The number of para-hydroxylation sites is 1. The van der Waals surface area contributed by atoms with E-state index in [4.69, 9.17) is 14.2 Å². The molecular formula is C19H20F3N5O5. The van der Waals surface area contributed by atoms with Crippen LogP contribution in [-0.4, -0.2) is 52.5 Å². The van der Waals surface area contributed by atoms with Crippen LogP contribution in [0.1, 0.15) is 10.5 Å². The van der Waals surface area contributed by atoms with Crippen molar-refractivity contribution in [2.24, 2.45) is 0 Å². The molecule has 0 aliphatic heterocycles. The van der Waals surface area contributed by atoms with Crippen molar-refractivity contribution in [2.75, 3.05) is 26.1 Å². The Morgan fingerprint density at radius 1 is 1.09 bits per heavy atom. The minimum absolute atomic E-state index is 0.0154. The van der Waals surface area contributed by atoms with Crippen molar-refractivity contribution in [3.8, 4) is 17.2 Å². The fraction of sp³-hybridized carbons (Fsp3) is 0.316. The summed E-state index contributed by atoms with van der Waals surface area (Å²) >= 11 is 0. The van der Waals surface area contributed by atoms with Gasteiger partial charge in [-0.3, -0.25) is 4.79 Å². The summed E-state index contributed by atoms with van der Waals surface area (Å²) in [6.45, 7) is -1.82. The first-order chi connectivity index (χ1) is 15.3. The van der Waals surface area contributed by atoms with E-state index in [2.05, 4.69) is 20.3 Å². The van der Waals surface area contributed by atoms with E-state index in [0.29, 0.717) is 17.2 Å². The quantitative estimate of drug-likeness (QED) is 0.502. The molecule has 3 rings (SSSR count). The molecular weight excluding hydrogens is 435 g/mol. The number of nitrogens with one attached hydrogen (secondary N) is 1. The first-order valence-electron chi connectivity index (χ1n) is 9.14. The number of rotatable bonds is 10. The SMILES string of the molecule is COc1cccc(OC)c1OCn1ccc(C(=O)Nc2cnn(COCC(F)(F)F)c2)n1. The van der Waals surface area contributed by atoms with Gasteiger partial charge in [0, 0.05) is 6.20 Å². The maximum atomic E-state index is 12.4. The molecule has 13 heteroatoms. The van der Waals surface area contributed by atoms with Gasteiger partial charge >= 0.3 is 6.18 Å². The zero-order valence-electron chi connectivity index (χ0n) is 17.1. The van der Waals surface area contributed by atoms with Gasteiger partial charge in [-0.25, -0.2) is 9.36 Å². The lowest BCUT2D eigenvalue weighted by Gasteiger charge is -2.13. The summed E-state index contributed by atoms with van der Waals surface area (Å²) in [4.78, 5) is 12.4. The molecule has 1 amide bonds.